The Hall–Kier alpha value is -0.620. The standard InChI is InChI=1S/C15H28N2O3S/c18-15(14-8-4-3-5-9-14)16-10-13-21(19,20)17-11-6-1-2-7-12-17/h14H,1-13H2,(H,16,18). The summed E-state index contributed by atoms with van der Waals surface area (Å²) < 4.78 is 26.1. The highest BCUT2D eigenvalue weighted by atomic mass is 32.2. The van der Waals surface area contributed by atoms with Crippen molar-refractivity contribution in [1.82, 2.24) is 9.62 Å². The summed E-state index contributed by atoms with van der Waals surface area (Å²) in [6, 6.07) is 0. The first-order valence-corrected chi connectivity index (χ1v) is 9.96. The predicted molar refractivity (Wildman–Crippen MR) is 83.4 cm³/mol. The van der Waals surface area contributed by atoms with E-state index in [0.29, 0.717) is 13.1 Å². The van der Waals surface area contributed by atoms with E-state index in [0.717, 1.165) is 51.4 Å². The van der Waals surface area contributed by atoms with E-state index in [1.54, 1.807) is 4.31 Å². The molecule has 0 spiro atoms. The van der Waals surface area contributed by atoms with Gasteiger partial charge in [-0.25, -0.2) is 12.7 Å². The summed E-state index contributed by atoms with van der Waals surface area (Å²) in [7, 11) is -3.21. The molecule has 0 radical (unpaired) electrons. The molecule has 0 unspecified atom stereocenters. The normalized spacial score (nSPS) is 22.7. The lowest BCUT2D eigenvalue weighted by Gasteiger charge is -2.22. The van der Waals surface area contributed by atoms with Crippen LogP contribution in [-0.2, 0) is 14.8 Å². The lowest BCUT2D eigenvalue weighted by Crippen LogP contribution is -2.40. The minimum absolute atomic E-state index is 0.0332. The number of carbonyl (C=O) groups excluding carboxylic acids is 1. The lowest BCUT2D eigenvalue weighted by molar-refractivity contribution is -0.125. The number of hydrogen-bond donors (Lipinski definition) is 1. The summed E-state index contributed by atoms with van der Waals surface area (Å²) >= 11 is 0. The Labute approximate surface area is 128 Å². The zero-order chi connectivity index (χ0) is 15.1. The van der Waals surface area contributed by atoms with Gasteiger partial charge in [0.05, 0.1) is 5.75 Å². The molecule has 2 rings (SSSR count). The number of rotatable bonds is 5. The molecule has 5 nitrogen and oxygen atoms in total. The summed E-state index contributed by atoms with van der Waals surface area (Å²) in [5, 5.41) is 2.82. The van der Waals surface area contributed by atoms with Gasteiger partial charge >= 0.3 is 0 Å². The van der Waals surface area contributed by atoms with Crippen LogP contribution >= 0.6 is 0 Å². The molecule has 0 bridgehead atoms. The van der Waals surface area contributed by atoms with Gasteiger partial charge in [0.2, 0.25) is 15.9 Å². The van der Waals surface area contributed by atoms with Gasteiger partial charge in [-0.3, -0.25) is 4.79 Å². The monoisotopic (exact) mass is 316 g/mol. The highest BCUT2D eigenvalue weighted by Crippen LogP contribution is 2.23. The largest absolute Gasteiger partial charge is 0.355 e. The van der Waals surface area contributed by atoms with E-state index >= 15 is 0 Å². The Balaban J connectivity index is 1.74. The first-order chi connectivity index (χ1) is 10.1. The summed E-state index contributed by atoms with van der Waals surface area (Å²) in [5.74, 6) is 0.172. The fourth-order valence-corrected chi connectivity index (χ4v) is 4.69. The third-order valence-electron chi connectivity index (χ3n) is 4.59. The van der Waals surface area contributed by atoms with E-state index in [1.807, 2.05) is 0 Å². The number of nitrogens with one attached hydrogen (secondary N) is 1. The minimum Gasteiger partial charge on any atom is -0.355 e. The van der Waals surface area contributed by atoms with Crippen molar-refractivity contribution in [2.24, 2.45) is 5.92 Å². The van der Waals surface area contributed by atoms with Crippen LogP contribution in [0.15, 0.2) is 0 Å². The molecule has 1 saturated heterocycles. The van der Waals surface area contributed by atoms with E-state index in [-0.39, 0.29) is 24.1 Å². The molecule has 0 aromatic heterocycles. The molecule has 1 aliphatic carbocycles. The highest BCUT2D eigenvalue weighted by molar-refractivity contribution is 7.89. The molecule has 122 valence electrons. The number of amides is 1. The molecule has 1 aliphatic heterocycles. The highest BCUT2D eigenvalue weighted by Gasteiger charge is 2.24. The Bertz CT molecular complexity index is 422. The third kappa shape index (κ3) is 5.25. The molecule has 6 heteroatoms. The van der Waals surface area contributed by atoms with Gasteiger partial charge in [-0.05, 0) is 25.7 Å². The van der Waals surface area contributed by atoms with Gasteiger partial charge in [0.15, 0.2) is 0 Å². The summed E-state index contributed by atoms with van der Waals surface area (Å²) in [6.07, 6.45) is 9.48. The topological polar surface area (TPSA) is 66.5 Å². The number of sulfonamides is 1. The smallest absolute Gasteiger partial charge is 0.223 e. The van der Waals surface area contributed by atoms with Gasteiger partial charge in [-0.1, -0.05) is 32.1 Å². The molecule has 1 N–H and O–H groups in total. The van der Waals surface area contributed by atoms with Crippen LogP contribution in [0.5, 0.6) is 0 Å². The van der Waals surface area contributed by atoms with E-state index in [4.69, 9.17) is 0 Å². The van der Waals surface area contributed by atoms with Crippen LogP contribution in [0.25, 0.3) is 0 Å². The Morgan fingerprint density at radius 2 is 1.52 bits per heavy atom. The first kappa shape index (κ1) is 16.7. The Morgan fingerprint density at radius 1 is 0.952 bits per heavy atom. The van der Waals surface area contributed by atoms with Gasteiger partial charge in [-0.2, -0.15) is 0 Å². The number of carbonyl (C=O) groups is 1. The lowest BCUT2D eigenvalue weighted by atomic mass is 9.89. The summed E-state index contributed by atoms with van der Waals surface area (Å²) in [4.78, 5) is 12.0. The molecular formula is C15H28N2O3S. The molecule has 1 heterocycles. The molecule has 0 aromatic carbocycles. The minimum atomic E-state index is -3.21. The molecule has 21 heavy (non-hydrogen) atoms. The maximum Gasteiger partial charge on any atom is 0.223 e. The zero-order valence-corrected chi connectivity index (χ0v) is 13.7. The van der Waals surface area contributed by atoms with Crippen molar-refractivity contribution >= 4 is 15.9 Å². The fourth-order valence-electron chi connectivity index (χ4n) is 3.26. The maximum absolute atomic E-state index is 12.3. The van der Waals surface area contributed by atoms with Gasteiger partial charge in [0.1, 0.15) is 0 Å². The predicted octanol–water partition coefficient (Wildman–Crippen LogP) is 1.89. The van der Waals surface area contributed by atoms with Crippen LogP contribution in [0.4, 0.5) is 0 Å². The van der Waals surface area contributed by atoms with Crippen molar-refractivity contribution in [2.75, 3.05) is 25.4 Å². The van der Waals surface area contributed by atoms with Crippen molar-refractivity contribution in [1.29, 1.82) is 0 Å². The molecular weight excluding hydrogens is 288 g/mol. The van der Waals surface area contributed by atoms with E-state index in [1.165, 1.54) is 6.42 Å². The van der Waals surface area contributed by atoms with Crippen LogP contribution < -0.4 is 5.32 Å². The van der Waals surface area contributed by atoms with Crippen LogP contribution in [0.3, 0.4) is 0 Å². The quantitative estimate of drug-likeness (QED) is 0.842. The Morgan fingerprint density at radius 3 is 2.14 bits per heavy atom. The second-order valence-corrected chi connectivity index (χ2v) is 8.34. The van der Waals surface area contributed by atoms with E-state index in [9.17, 15) is 13.2 Å². The van der Waals surface area contributed by atoms with Crippen molar-refractivity contribution in [3.05, 3.63) is 0 Å². The van der Waals surface area contributed by atoms with Crippen LogP contribution in [-0.4, -0.2) is 44.0 Å². The van der Waals surface area contributed by atoms with E-state index < -0.39 is 10.0 Å². The molecule has 1 saturated carbocycles. The van der Waals surface area contributed by atoms with Gasteiger partial charge in [0, 0.05) is 25.6 Å². The third-order valence-corrected chi connectivity index (χ3v) is 6.47. The summed E-state index contributed by atoms with van der Waals surface area (Å²) in [6.45, 7) is 1.52. The SMILES string of the molecule is O=C(NCCS(=O)(=O)N1CCCCCC1)C1CCCCC1. The molecule has 2 aliphatic rings. The van der Waals surface area contributed by atoms with Crippen LogP contribution in [0.2, 0.25) is 0 Å². The van der Waals surface area contributed by atoms with E-state index in [2.05, 4.69) is 5.32 Å². The average Bonchev–Trinajstić information content (AvgIpc) is 2.77. The number of nitrogens with zero attached hydrogens (tertiary/aromatic N) is 1. The fraction of sp³-hybridized carbons (Fsp3) is 0.933. The maximum atomic E-state index is 12.3. The van der Waals surface area contributed by atoms with Gasteiger partial charge < -0.3 is 5.32 Å². The second kappa shape index (κ2) is 8.13. The molecule has 0 atom stereocenters. The zero-order valence-electron chi connectivity index (χ0n) is 12.8. The van der Waals surface area contributed by atoms with Gasteiger partial charge in [0.25, 0.3) is 0 Å². The number of hydrogen-bond acceptors (Lipinski definition) is 3. The van der Waals surface area contributed by atoms with Crippen molar-refractivity contribution in [2.45, 2.75) is 57.8 Å². The Kier molecular flexibility index (Phi) is 6.48. The molecule has 2 fully saturated rings. The summed E-state index contributed by atoms with van der Waals surface area (Å²) in [5.41, 5.74) is 0. The van der Waals surface area contributed by atoms with Crippen LogP contribution in [0, 0.1) is 5.92 Å². The first-order valence-electron chi connectivity index (χ1n) is 8.35. The molecule has 0 aromatic rings. The average molecular weight is 316 g/mol. The van der Waals surface area contributed by atoms with Crippen LogP contribution in [0.1, 0.15) is 57.8 Å². The van der Waals surface area contributed by atoms with Gasteiger partial charge in [-0.15, -0.1) is 0 Å². The van der Waals surface area contributed by atoms with Crippen molar-refractivity contribution in [3.63, 3.8) is 0 Å². The molecule has 1 amide bonds. The van der Waals surface area contributed by atoms with Crippen molar-refractivity contribution in [3.8, 4) is 0 Å². The van der Waals surface area contributed by atoms with Crippen molar-refractivity contribution < 1.29 is 13.2 Å². The second-order valence-electron chi connectivity index (χ2n) is 6.26.